The van der Waals surface area contributed by atoms with Gasteiger partial charge in [-0.15, -0.1) is 0 Å². The summed E-state index contributed by atoms with van der Waals surface area (Å²) < 4.78 is 3.28. The van der Waals surface area contributed by atoms with E-state index in [0.29, 0.717) is 0 Å². The second-order valence-electron chi connectivity index (χ2n) is 4.96. The van der Waals surface area contributed by atoms with Crippen molar-refractivity contribution in [2.75, 3.05) is 0 Å². The van der Waals surface area contributed by atoms with Gasteiger partial charge >= 0.3 is 0 Å². The fourth-order valence-corrected chi connectivity index (χ4v) is 3.32. The molecule has 1 heterocycles. The van der Waals surface area contributed by atoms with Crippen molar-refractivity contribution in [3.8, 4) is 0 Å². The van der Waals surface area contributed by atoms with Crippen LogP contribution in [0.5, 0.6) is 0 Å². The summed E-state index contributed by atoms with van der Waals surface area (Å²) in [5.41, 5.74) is 9.47. The molecule has 16 heavy (non-hydrogen) atoms. The van der Waals surface area contributed by atoms with Crippen LogP contribution in [0.25, 0.3) is 10.9 Å². The lowest BCUT2D eigenvalue weighted by atomic mass is 10.0. The summed E-state index contributed by atoms with van der Waals surface area (Å²) in [5, 5.41) is 1.23. The summed E-state index contributed by atoms with van der Waals surface area (Å²) in [6, 6.07) is 6.46. The summed E-state index contributed by atoms with van der Waals surface area (Å²) >= 11 is 3.67. The van der Waals surface area contributed by atoms with Crippen LogP contribution in [0.1, 0.15) is 25.1 Å². The van der Waals surface area contributed by atoms with Crippen molar-refractivity contribution in [2.24, 2.45) is 12.8 Å². The summed E-state index contributed by atoms with van der Waals surface area (Å²) in [5.74, 6) is 0. The lowest BCUT2D eigenvalue weighted by Crippen LogP contribution is -2.31. The average Bonchev–Trinajstić information content (AvgIpc) is 2.38. The van der Waals surface area contributed by atoms with Crippen LogP contribution in [-0.4, -0.2) is 4.57 Å². The van der Waals surface area contributed by atoms with Gasteiger partial charge in [0.1, 0.15) is 0 Å². The van der Waals surface area contributed by atoms with Crippen molar-refractivity contribution in [3.63, 3.8) is 0 Å². The highest BCUT2D eigenvalue weighted by molar-refractivity contribution is 9.10. The highest BCUT2D eigenvalue weighted by atomic mass is 79.9. The Labute approximate surface area is 105 Å². The van der Waals surface area contributed by atoms with Crippen LogP contribution in [0.15, 0.2) is 22.7 Å². The number of nitrogens with two attached hydrogens (primary N) is 1. The predicted molar refractivity (Wildman–Crippen MR) is 72.6 cm³/mol. The minimum atomic E-state index is -0.347. The molecule has 1 aromatic carbocycles. The van der Waals surface area contributed by atoms with E-state index >= 15 is 0 Å². The van der Waals surface area contributed by atoms with Crippen LogP contribution in [-0.2, 0) is 12.6 Å². The fourth-order valence-electron chi connectivity index (χ4n) is 2.23. The Bertz CT molecular complexity index is 547. The zero-order chi connectivity index (χ0) is 12.1. The van der Waals surface area contributed by atoms with Crippen molar-refractivity contribution in [3.05, 3.63) is 33.9 Å². The smallest absolute Gasteiger partial charge is 0.0523 e. The summed E-state index contributed by atoms with van der Waals surface area (Å²) in [6.07, 6.45) is 0. The Morgan fingerprint density at radius 1 is 1.31 bits per heavy atom. The van der Waals surface area contributed by atoms with Crippen LogP contribution < -0.4 is 5.73 Å². The number of benzene rings is 1. The Kier molecular flexibility index (Phi) is 2.63. The van der Waals surface area contributed by atoms with E-state index in [4.69, 9.17) is 5.73 Å². The van der Waals surface area contributed by atoms with Gasteiger partial charge in [0.05, 0.1) is 11.2 Å². The fraction of sp³-hybridized carbons (Fsp3) is 0.385. The first-order chi connectivity index (χ1) is 7.32. The lowest BCUT2D eigenvalue weighted by molar-refractivity contribution is 0.513. The number of fused-ring (bicyclic) bond motifs is 1. The molecule has 0 bridgehead atoms. The Balaban J connectivity index is 2.87. The maximum absolute atomic E-state index is 6.21. The molecule has 1 aromatic heterocycles. The molecule has 0 aliphatic heterocycles. The molecule has 0 unspecified atom stereocenters. The molecule has 2 N–H and O–H groups in total. The Morgan fingerprint density at radius 3 is 2.50 bits per heavy atom. The van der Waals surface area contributed by atoms with Gasteiger partial charge in [-0.2, -0.15) is 0 Å². The average molecular weight is 281 g/mol. The van der Waals surface area contributed by atoms with E-state index < -0.39 is 0 Å². The first-order valence-corrected chi connectivity index (χ1v) is 6.15. The molecule has 0 aliphatic carbocycles. The van der Waals surface area contributed by atoms with E-state index in [9.17, 15) is 0 Å². The number of rotatable bonds is 1. The normalized spacial score (nSPS) is 12.4. The van der Waals surface area contributed by atoms with Crippen LogP contribution in [0.3, 0.4) is 0 Å². The molecule has 2 nitrogen and oxygen atoms in total. The van der Waals surface area contributed by atoms with Crippen LogP contribution in [0.2, 0.25) is 0 Å². The van der Waals surface area contributed by atoms with Gasteiger partial charge in [0, 0.05) is 22.4 Å². The Hall–Kier alpha value is -0.800. The second kappa shape index (κ2) is 3.60. The monoisotopic (exact) mass is 280 g/mol. The van der Waals surface area contributed by atoms with Gasteiger partial charge in [-0.1, -0.05) is 11.6 Å². The summed E-state index contributed by atoms with van der Waals surface area (Å²) in [7, 11) is 2.06. The lowest BCUT2D eigenvalue weighted by Gasteiger charge is -2.20. The second-order valence-corrected chi connectivity index (χ2v) is 5.76. The highest BCUT2D eigenvalue weighted by Crippen LogP contribution is 2.35. The summed E-state index contributed by atoms with van der Waals surface area (Å²) in [6.45, 7) is 6.16. The number of halogens is 1. The number of aryl methyl sites for hydroxylation is 2. The molecule has 0 aliphatic rings. The molecule has 0 radical (unpaired) electrons. The van der Waals surface area contributed by atoms with Crippen molar-refractivity contribution in [2.45, 2.75) is 26.3 Å². The zero-order valence-electron chi connectivity index (χ0n) is 10.1. The minimum absolute atomic E-state index is 0.347. The molecule has 2 aromatic rings. The molecule has 0 amide bonds. The van der Waals surface area contributed by atoms with Crippen LogP contribution >= 0.6 is 15.9 Å². The molecular weight excluding hydrogens is 264 g/mol. The van der Waals surface area contributed by atoms with Crippen molar-refractivity contribution in [1.82, 2.24) is 4.57 Å². The standard InChI is InChI=1S/C13H17BrN2/c1-8-5-6-10-9(7-8)11(14)12(16(10)4)13(2,3)15/h5-7H,15H2,1-4H3. The third-order valence-corrected chi connectivity index (χ3v) is 3.71. The number of hydrogen-bond acceptors (Lipinski definition) is 1. The van der Waals surface area contributed by atoms with E-state index in [-0.39, 0.29) is 5.54 Å². The molecule has 0 atom stereocenters. The van der Waals surface area contributed by atoms with Gasteiger partial charge in [-0.25, -0.2) is 0 Å². The molecule has 0 fully saturated rings. The van der Waals surface area contributed by atoms with Gasteiger partial charge in [-0.05, 0) is 48.8 Å². The first-order valence-electron chi connectivity index (χ1n) is 5.36. The van der Waals surface area contributed by atoms with Crippen molar-refractivity contribution < 1.29 is 0 Å². The first kappa shape index (κ1) is 11.7. The van der Waals surface area contributed by atoms with Gasteiger partial charge in [0.25, 0.3) is 0 Å². The van der Waals surface area contributed by atoms with Crippen molar-refractivity contribution >= 4 is 26.8 Å². The quantitative estimate of drug-likeness (QED) is 0.852. The van der Waals surface area contributed by atoms with Crippen LogP contribution in [0, 0.1) is 6.92 Å². The van der Waals surface area contributed by atoms with E-state index in [2.05, 4.69) is 52.7 Å². The van der Waals surface area contributed by atoms with E-state index in [1.54, 1.807) is 0 Å². The topological polar surface area (TPSA) is 30.9 Å². The molecular formula is C13H17BrN2. The van der Waals surface area contributed by atoms with Gasteiger partial charge in [0.15, 0.2) is 0 Å². The zero-order valence-corrected chi connectivity index (χ0v) is 11.7. The highest BCUT2D eigenvalue weighted by Gasteiger charge is 2.24. The van der Waals surface area contributed by atoms with Crippen molar-refractivity contribution in [1.29, 1.82) is 0 Å². The number of nitrogens with zero attached hydrogens (tertiary/aromatic N) is 1. The molecule has 0 spiro atoms. The molecule has 2 rings (SSSR count). The molecule has 0 saturated carbocycles. The molecule has 3 heteroatoms. The Morgan fingerprint density at radius 2 is 1.94 bits per heavy atom. The van der Waals surface area contributed by atoms with Gasteiger partial charge < -0.3 is 10.3 Å². The van der Waals surface area contributed by atoms with Crippen LogP contribution in [0.4, 0.5) is 0 Å². The number of hydrogen-bond donors (Lipinski definition) is 1. The van der Waals surface area contributed by atoms with E-state index in [0.717, 1.165) is 10.2 Å². The SMILES string of the molecule is Cc1ccc2c(c1)c(Br)c(C(C)(C)N)n2C. The van der Waals surface area contributed by atoms with E-state index in [1.165, 1.54) is 16.5 Å². The van der Waals surface area contributed by atoms with Gasteiger partial charge in [0.2, 0.25) is 0 Å². The van der Waals surface area contributed by atoms with E-state index in [1.807, 2.05) is 13.8 Å². The maximum atomic E-state index is 6.21. The van der Waals surface area contributed by atoms with Gasteiger partial charge in [-0.3, -0.25) is 0 Å². The third-order valence-electron chi connectivity index (χ3n) is 2.90. The number of aromatic nitrogens is 1. The minimum Gasteiger partial charge on any atom is -0.345 e. The summed E-state index contributed by atoms with van der Waals surface area (Å²) in [4.78, 5) is 0. The third kappa shape index (κ3) is 1.68. The maximum Gasteiger partial charge on any atom is 0.0523 e. The largest absolute Gasteiger partial charge is 0.345 e. The molecule has 86 valence electrons. The predicted octanol–water partition coefficient (Wildman–Crippen LogP) is 3.44. The molecule has 0 saturated heterocycles.